The Morgan fingerprint density at radius 2 is 1.88 bits per heavy atom. The van der Waals surface area contributed by atoms with Gasteiger partial charge in [-0.25, -0.2) is 9.97 Å². The van der Waals surface area contributed by atoms with Gasteiger partial charge >= 0.3 is 0 Å². The highest BCUT2D eigenvalue weighted by atomic mass is 32.2. The molecule has 0 radical (unpaired) electrons. The lowest BCUT2D eigenvalue weighted by Gasteiger charge is -2.24. The summed E-state index contributed by atoms with van der Waals surface area (Å²) in [4.78, 5) is 26.4. The molecule has 34 heavy (non-hydrogen) atoms. The molecule has 1 saturated heterocycles. The van der Waals surface area contributed by atoms with Crippen LogP contribution in [-0.4, -0.2) is 47.0 Å². The second kappa shape index (κ2) is 9.98. The summed E-state index contributed by atoms with van der Waals surface area (Å²) >= 11 is 1.49. The molecule has 170 valence electrons. The number of nitrogens with zero attached hydrogens (tertiary/aromatic N) is 5. The highest BCUT2D eigenvalue weighted by Crippen LogP contribution is 2.28. The van der Waals surface area contributed by atoms with Crippen LogP contribution in [0.4, 0.5) is 5.82 Å². The monoisotopic (exact) mass is 469 g/mol. The topological polar surface area (TPSA) is 86.3 Å². The number of benzene rings is 2. The molecule has 7 nitrogen and oxygen atoms in total. The molecular formula is C26H23N5O2S. The van der Waals surface area contributed by atoms with E-state index in [1.807, 2.05) is 53.4 Å². The third kappa shape index (κ3) is 4.61. The minimum Gasteiger partial charge on any atom is -0.431 e. The van der Waals surface area contributed by atoms with Crippen LogP contribution < -0.4 is 4.90 Å². The second-order valence-corrected chi connectivity index (χ2v) is 8.94. The number of amides is 1. The van der Waals surface area contributed by atoms with Gasteiger partial charge < -0.3 is 14.2 Å². The van der Waals surface area contributed by atoms with E-state index in [0.717, 1.165) is 29.6 Å². The van der Waals surface area contributed by atoms with Crippen molar-refractivity contribution in [2.45, 2.75) is 17.4 Å². The van der Waals surface area contributed by atoms with Gasteiger partial charge in [-0.2, -0.15) is 5.26 Å². The smallest absolute Gasteiger partial charge is 0.257 e. The van der Waals surface area contributed by atoms with Gasteiger partial charge in [0, 0.05) is 43.7 Å². The van der Waals surface area contributed by atoms with Crippen molar-refractivity contribution < 1.29 is 9.21 Å². The molecule has 0 atom stereocenters. The first-order valence-corrected chi connectivity index (χ1v) is 12.2. The maximum absolute atomic E-state index is 13.5. The van der Waals surface area contributed by atoms with Crippen molar-refractivity contribution in [3.05, 3.63) is 83.6 Å². The zero-order valence-electron chi connectivity index (χ0n) is 18.6. The summed E-state index contributed by atoms with van der Waals surface area (Å²) < 4.78 is 5.82. The summed E-state index contributed by atoms with van der Waals surface area (Å²) in [6.45, 7) is 2.63. The quantitative estimate of drug-likeness (QED) is 0.390. The Balaban J connectivity index is 1.29. The first kappa shape index (κ1) is 22.0. The number of rotatable bonds is 5. The summed E-state index contributed by atoms with van der Waals surface area (Å²) in [7, 11) is 0. The van der Waals surface area contributed by atoms with Crippen molar-refractivity contribution in [2.24, 2.45) is 0 Å². The second-order valence-electron chi connectivity index (χ2n) is 8.01. The molecular weight excluding hydrogens is 446 g/mol. The van der Waals surface area contributed by atoms with Crippen molar-refractivity contribution in [1.29, 1.82) is 5.26 Å². The van der Waals surface area contributed by atoms with Crippen LogP contribution in [0.25, 0.3) is 11.1 Å². The fourth-order valence-electron chi connectivity index (χ4n) is 4.15. The molecule has 0 saturated carbocycles. The predicted molar refractivity (Wildman–Crippen MR) is 132 cm³/mol. The zero-order chi connectivity index (χ0) is 23.3. The van der Waals surface area contributed by atoms with Gasteiger partial charge in [0.15, 0.2) is 5.58 Å². The molecule has 2 aromatic heterocycles. The van der Waals surface area contributed by atoms with Gasteiger partial charge in [0.1, 0.15) is 17.4 Å². The van der Waals surface area contributed by atoms with Gasteiger partial charge in [-0.15, -0.1) is 0 Å². The molecule has 8 heteroatoms. The molecule has 0 N–H and O–H groups in total. The molecule has 1 fully saturated rings. The van der Waals surface area contributed by atoms with Crippen LogP contribution in [0.5, 0.6) is 0 Å². The average Bonchev–Trinajstić information content (AvgIpc) is 3.15. The third-order valence-electron chi connectivity index (χ3n) is 5.86. The Labute approximate surface area is 202 Å². The van der Waals surface area contributed by atoms with Crippen LogP contribution in [0, 0.1) is 11.3 Å². The van der Waals surface area contributed by atoms with E-state index >= 15 is 0 Å². The Morgan fingerprint density at radius 1 is 1.03 bits per heavy atom. The van der Waals surface area contributed by atoms with Crippen molar-refractivity contribution in [1.82, 2.24) is 14.9 Å². The number of carbonyl (C=O) groups is 1. The first-order chi connectivity index (χ1) is 16.7. The van der Waals surface area contributed by atoms with E-state index in [1.54, 1.807) is 18.3 Å². The zero-order valence-corrected chi connectivity index (χ0v) is 19.4. The van der Waals surface area contributed by atoms with Crippen molar-refractivity contribution >= 4 is 34.6 Å². The number of nitriles is 1. The molecule has 1 amide bonds. The van der Waals surface area contributed by atoms with Gasteiger partial charge in [0.25, 0.3) is 11.1 Å². The Hall–Kier alpha value is -3.83. The Kier molecular flexibility index (Phi) is 6.45. The Morgan fingerprint density at radius 3 is 2.76 bits per heavy atom. The van der Waals surface area contributed by atoms with E-state index in [1.165, 1.54) is 11.8 Å². The van der Waals surface area contributed by atoms with Crippen LogP contribution in [-0.2, 0) is 5.75 Å². The van der Waals surface area contributed by atoms with E-state index in [4.69, 9.17) is 4.42 Å². The maximum Gasteiger partial charge on any atom is 0.257 e. The molecule has 4 aromatic rings. The molecule has 1 aliphatic heterocycles. The molecule has 0 unspecified atom stereocenters. The number of aromatic nitrogens is 2. The first-order valence-electron chi connectivity index (χ1n) is 11.2. The van der Waals surface area contributed by atoms with E-state index in [0.29, 0.717) is 47.6 Å². The van der Waals surface area contributed by atoms with Gasteiger partial charge in [-0.3, -0.25) is 4.79 Å². The van der Waals surface area contributed by atoms with Gasteiger partial charge in [-0.1, -0.05) is 42.1 Å². The van der Waals surface area contributed by atoms with Crippen molar-refractivity contribution in [3.8, 4) is 6.07 Å². The SMILES string of the molecule is N#Cc1cccnc1N1CCCN(C(=O)c2ccccc2CSc2nc3ccccc3o2)CC1. The number of thioether (sulfide) groups is 1. The predicted octanol–water partition coefficient (Wildman–Crippen LogP) is 4.74. The van der Waals surface area contributed by atoms with E-state index < -0.39 is 0 Å². The number of fused-ring (bicyclic) bond motifs is 1. The molecule has 5 rings (SSSR count). The van der Waals surface area contributed by atoms with Gasteiger partial charge in [0.05, 0.1) is 5.56 Å². The normalized spacial score (nSPS) is 14.1. The van der Waals surface area contributed by atoms with Crippen LogP contribution in [0.3, 0.4) is 0 Å². The largest absolute Gasteiger partial charge is 0.431 e. The highest BCUT2D eigenvalue weighted by molar-refractivity contribution is 7.98. The number of hydrogen-bond donors (Lipinski definition) is 0. The third-order valence-corrected chi connectivity index (χ3v) is 6.74. The lowest BCUT2D eigenvalue weighted by molar-refractivity contribution is 0.0766. The fourth-order valence-corrected chi connectivity index (χ4v) is 4.99. The summed E-state index contributed by atoms with van der Waals surface area (Å²) in [6, 6.07) is 21.2. The summed E-state index contributed by atoms with van der Waals surface area (Å²) in [6.07, 6.45) is 2.52. The van der Waals surface area contributed by atoms with Crippen molar-refractivity contribution in [2.75, 3.05) is 31.1 Å². The van der Waals surface area contributed by atoms with Crippen LogP contribution in [0.2, 0.25) is 0 Å². The highest BCUT2D eigenvalue weighted by Gasteiger charge is 2.24. The summed E-state index contributed by atoms with van der Waals surface area (Å²) in [5.74, 6) is 1.31. The van der Waals surface area contributed by atoms with Crippen LogP contribution in [0.15, 0.2) is 76.5 Å². The fraction of sp³-hybridized carbons (Fsp3) is 0.231. The standard InChI is InChI=1S/C26H23N5O2S/c27-17-19-8-5-12-28-24(19)30-13-6-14-31(16-15-30)25(32)21-9-2-1-7-20(21)18-34-26-29-22-10-3-4-11-23(22)33-26/h1-5,7-12H,6,13-16,18H2. The summed E-state index contributed by atoms with van der Waals surface area (Å²) in [5, 5.41) is 10.0. The molecule has 3 heterocycles. The minimum absolute atomic E-state index is 0.0251. The molecule has 2 aromatic carbocycles. The van der Waals surface area contributed by atoms with Gasteiger partial charge in [-0.05, 0) is 42.3 Å². The number of oxazole rings is 1. The van der Waals surface area contributed by atoms with Crippen LogP contribution >= 0.6 is 11.8 Å². The minimum atomic E-state index is 0.0251. The van der Waals surface area contributed by atoms with Crippen LogP contribution in [0.1, 0.15) is 27.9 Å². The van der Waals surface area contributed by atoms with E-state index in [9.17, 15) is 10.1 Å². The average molecular weight is 470 g/mol. The van der Waals surface area contributed by atoms with Gasteiger partial charge in [0.2, 0.25) is 0 Å². The molecule has 1 aliphatic rings. The Bertz CT molecular complexity index is 1330. The molecule has 0 aliphatic carbocycles. The molecule has 0 bridgehead atoms. The van der Waals surface area contributed by atoms with E-state index in [-0.39, 0.29) is 5.91 Å². The number of anilines is 1. The summed E-state index contributed by atoms with van der Waals surface area (Å²) in [5.41, 5.74) is 3.81. The molecule has 0 spiro atoms. The number of carbonyl (C=O) groups excluding carboxylic acids is 1. The maximum atomic E-state index is 13.5. The lowest BCUT2D eigenvalue weighted by atomic mass is 10.1. The van der Waals surface area contributed by atoms with E-state index in [2.05, 4.69) is 20.9 Å². The number of pyridine rings is 1. The van der Waals surface area contributed by atoms with Crippen molar-refractivity contribution in [3.63, 3.8) is 0 Å². The number of para-hydroxylation sites is 2. The number of hydrogen-bond acceptors (Lipinski definition) is 7. The lowest BCUT2D eigenvalue weighted by Crippen LogP contribution is -2.36.